The summed E-state index contributed by atoms with van der Waals surface area (Å²) in [7, 11) is 0. The van der Waals surface area contributed by atoms with E-state index in [1.54, 1.807) is 0 Å². The number of esters is 2. The number of terminal acetylenes is 1. The number of aliphatic carboxylic acids is 1. The number of carbonyl (C=O) groups is 3. The molecule has 0 aromatic rings. The van der Waals surface area contributed by atoms with E-state index in [1.165, 1.54) is 6.92 Å². The minimum atomic E-state index is -1.54. The van der Waals surface area contributed by atoms with Crippen molar-refractivity contribution in [2.75, 3.05) is 19.8 Å². The number of nitrogens with zero attached hydrogens (tertiary/aromatic N) is 3. The molecule has 0 saturated heterocycles. The minimum Gasteiger partial charge on any atom is -0.481 e. The summed E-state index contributed by atoms with van der Waals surface area (Å²) < 4.78 is 9.83. The number of unbranched alkanes of at least 4 members (excludes halogenated alkanes) is 1. The molecular formula is C15H21N3O6. The van der Waals surface area contributed by atoms with Crippen LogP contribution in [0.25, 0.3) is 10.4 Å². The number of hydrogen-bond donors (Lipinski definition) is 1. The van der Waals surface area contributed by atoms with Crippen LogP contribution in [0.2, 0.25) is 0 Å². The Kier molecular flexibility index (Phi) is 10.5. The first-order chi connectivity index (χ1) is 11.4. The number of azide groups is 1. The van der Waals surface area contributed by atoms with Crippen LogP contribution >= 0.6 is 0 Å². The van der Waals surface area contributed by atoms with Gasteiger partial charge < -0.3 is 14.6 Å². The van der Waals surface area contributed by atoms with Crippen molar-refractivity contribution in [3.8, 4) is 12.3 Å². The predicted molar refractivity (Wildman–Crippen MR) is 83.6 cm³/mol. The molecule has 0 amide bonds. The Morgan fingerprint density at radius 1 is 1.21 bits per heavy atom. The molecule has 1 N–H and O–H groups in total. The number of carbonyl (C=O) groups excluding carboxylic acids is 2. The van der Waals surface area contributed by atoms with Crippen molar-refractivity contribution < 1.29 is 29.0 Å². The Morgan fingerprint density at radius 2 is 1.75 bits per heavy atom. The topological polar surface area (TPSA) is 139 Å². The molecule has 0 aromatic carbocycles. The van der Waals surface area contributed by atoms with Gasteiger partial charge in [-0.15, -0.1) is 12.3 Å². The summed E-state index contributed by atoms with van der Waals surface area (Å²) in [5.74, 6) is -0.0359. The van der Waals surface area contributed by atoms with Gasteiger partial charge in [-0.1, -0.05) is 5.11 Å². The maximum Gasteiger partial charge on any atom is 0.316 e. The van der Waals surface area contributed by atoms with Gasteiger partial charge in [0.05, 0.1) is 0 Å². The fourth-order valence-corrected chi connectivity index (χ4v) is 1.46. The van der Waals surface area contributed by atoms with E-state index in [1.807, 2.05) is 0 Å². The van der Waals surface area contributed by atoms with Crippen molar-refractivity contribution in [2.45, 2.75) is 39.0 Å². The van der Waals surface area contributed by atoms with Crippen LogP contribution in [0.3, 0.4) is 0 Å². The Labute approximate surface area is 139 Å². The monoisotopic (exact) mass is 339 g/mol. The third kappa shape index (κ3) is 9.33. The van der Waals surface area contributed by atoms with Crippen LogP contribution < -0.4 is 0 Å². The highest BCUT2D eigenvalue weighted by Gasteiger charge is 2.36. The summed E-state index contributed by atoms with van der Waals surface area (Å²) in [4.78, 5) is 36.9. The van der Waals surface area contributed by atoms with E-state index in [4.69, 9.17) is 21.4 Å². The number of hydrogen-bond acceptors (Lipinski definition) is 6. The quantitative estimate of drug-likeness (QED) is 0.144. The van der Waals surface area contributed by atoms with E-state index in [0.29, 0.717) is 19.3 Å². The second kappa shape index (κ2) is 11.8. The average molecular weight is 339 g/mol. The lowest BCUT2D eigenvalue weighted by molar-refractivity contribution is -0.165. The third-order valence-corrected chi connectivity index (χ3v) is 3.02. The molecule has 0 fully saturated rings. The van der Waals surface area contributed by atoms with Gasteiger partial charge in [0.15, 0.2) is 0 Å². The predicted octanol–water partition coefficient (Wildman–Crippen LogP) is 2.06. The van der Waals surface area contributed by atoms with Gasteiger partial charge in [-0.25, -0.2) is 0 Å². The van der Waals surface area contributed by atoms with Crippen molar-refractivity contribution in [3.05, 3.63) is 10.4 Å². The summed E-state index contributed by atoms with van der Waals surface area (Å²) in [6.07, 6.45) is 6.35. The molecule has 0 aromatic heterocycles. The molecule has 0 bridgehead atoms. The second-order valence-corrected chi connectivity index (χ2v) is 5.30. The first-order valence-electron chi connectivity index (χ1n) is 7.34. The standard InChI is InChI=1S/C15H21N3O6/c1-3-4-5-7-12(19)23-10-15(2,14(21)22)11-24-13(20)8-6-9-17-18-16/h1H,4-11H2,2H3,(H,21,22). The van der Waals surface area contributed by atoms with E-state index >= 15 is 0 Å². The van der Waals surface area contributed by atoms with Crippen molar-refractivity contribution >= 4 is 17.9 Å². The van der Waals surface area contributed by atoms with E-state index < -0.39 is 36.5 Å². The van der Waals surface area contributed by atoms with E-state index in [2.05, 4.69) is 15.9 Å². The van der Waals surface area contributed by atoms with Gasteiger partial charge in [-0.3, -0.25) is 14.4 Å². The molecule has 9 heteroatoms. The molecule has 1 atom stereocenters. The first-order valence-corrected chi connectivity index (χ1v) is 7.34. The Bertz CT molecular complexity index is 536. The van der Waals surface area contributed by atoms with Gasteiger partial charge in [0, 0.05) is 30.7 Å². The van der Waals surface area contributed by atoms with Crippen molar-refractivity contribution in [1.82, 2.24) is 0 Å². The molecule has 132 valence electrons. The average Bonchev–Trinajstić information content (AvgIpc) is 2.55. The largest absolute Gasteiger partial charge is 0.481 e. The molecule has 24 heavy (non-hydrogen) atoms. The van der Waals surface area contributed by atoms with Gasteiger partial charge in [-0.2, -0.15) is 0 Å². The van der Waals surface area contributed by atoms with Crippen LogP contribution in [0.4, 0.5) is 0 Å². The van der Waals surface area contributed by atoms with Crippen LogP contribution in [0.5, 0.6) is 0 Å². The molecule has 0 heterocycles. The zero-order chi connectivity index (χ0) is 18.4. The fraction of sp³-hybridized carbons (Fsp3) is 0.667. The minimum absolute atomic E-state index is 0.000591. The maximum absolute atomic E-state index is 11.5. The van der Waals surface area contributed by atoms with E-state index in [9.17, 15) is 19.5 Å². The van der Waals surface area contributed by atoms with Crippen LogP contribution in [0, 0.1) is 17.8 Å². The lowest BCUT2D eigenvalue weighted by Gasteiger charge is -2.23. The van der Waals surface area contributed by atoms with Crippen LogP contribution in [-0.2, 0) is 23.9 Å². The Morgan fingerprint density at radius 3 is 2.21 bits per heavy atom. The molecule has 9 nitrogen and oxygen atoms in total. The fourth-order valence-electron chi connectivity index (χ4n) is 1.46. The van der Waals surface area contributed by atoms with E-state index in [-0.39, 0.29) is 19.4 Å². The van der Waals surface area contributed by atoms with Crippen molar-refractivity contribution in [1.29, 1.82) is 0 Å². The first kappa shape index (κ1) is 21.3. The summed E-state index contributed by atoms with van der Waals surface area (Å²) in [5.41, 5.74) is 6.56. The lowest BCUT2D eigenvalue weighted by Crippen LogP contribution is -2.39. The number of carboxylic acid groups (broad SMARTS) is 1. The summed E-state index contributed by atoms with van der Waals surface area (Å²) in [6.45, 7) is 0.623. The summed E-state index contributed by atoms with van der Waals surface area (Å²) >= 11 is 0. The van der Waals surface area contributed by atoms with Gasteiger partial charge in [0.2, 0.25) is 0 Å². The molecule has 1 unspecified atom stereocenters. The highest BCUT2D eigenvalue weighted by atomic mass is 16.6. The number of ether oxygens (including phenoxy) is 2. The third-order valence-electron chi connectivity index (χ3n) is 3.02. The van der Waals surface area contributed by atoms with Crippen molar-refractivity contribution in [2.24, 2.45) is 10.5 Å². The number of rotatable bonds is 12. The lowest BCUT2D eigenvalue weighted by atomic mass is 9.93. The molecule has 0 spiro atoms. The molecule has 0 radical (unpaired) electrons. The Balaban J connectivity index is 4.32. The summed E-state index contributed by atoms with van der Waals surface area (Å²) in [5, 5.41) is 12.5. The molecule has 0 rings (SSSR count). The molecule has 0 aliphatic rings. The van der Waals surface area contributed by atoms with Crippen LogP contribution in [0.1, 0.15) is 39.0 Å². The van der Waals surface area contributed by atoms with Crippen LogP contribution in [-0.4, -0.2) is 42.8 Å². The zero-order valence-corrected chi connectivity index (χ0v) is 13.6. The normalized spacial score (nSPS) is 12.2. The van der Waals surface area contributed by atoms with Crippen molar-refractivity contribution in [3.63, 3.8) is 0 Å². The Hall–Kier alpha value is -2.72. The number of carboxylic acids is 1. The van der Waals surface area contributed by atoms with E-state index in [0.717, 1.165) is 0 Å². The zero-order valence-electron chi connectivity index (χ0n) is 13.6. The molecule has 0 saturated carbocycles. The SMILES string of the molecule is C#CCCCC(=O)OCC(C)(COC(=O)CCCN=[N+]=[N-])C(=O)O. The van der Waals surface area contributed by atoms with Gasteiger partial charge >= 0.3 is 17.9 Å². The molecular weight excluding hydrogens is 318 g/mol. The smallest absolute Gasteiger partial charge is 0.316 e. The van der Waals surface area contributed by atoms with Crippen LogP contribution in [0.15, 0.2) is 5.11 Å². The maximum atomic E-state index is 11.5. The molecule has 0 aliphatic heterocycles. The summed E-state index contributed by atoms with van der Waals surface area (Å²) in [6, 6.07) is 0. The van der Waals surface area contributed by atoms with Gasteiger partial charge in [0.1, 0.15) is 18.6 Å². The second-order valence-electron chi connectivity index (χ2n) is 5.30. The van der Waals surface area contributed by atoms with Gasteiger partial charge in [0.25, 0.3) is 0 Å². The molecule has 0 aliphatic carbocycles. The highest BCUT2D eigenvalue weighted by molar-refractivity contribution is 5.76. The van der Waals surface area contributed by atoms with Gasteiger partial charge in [-0.05, 0) is 25.3 Å². The highest BCUT2D eigenvalue weighted by Crippen LogP contribution is 2.19.